The summed E-state index contributed by atoms with van der Waals surface area (Å²) in [7, 11) is 0. The van der Waals surface area contributed by atoms with Gasteiger partial charge in [-0.3, -0.25) is 9.48 Å². The van der Waals surface area contributed by atoms with Crippen LogP contribution in [-0.4, -0.2) is 33.4 Å². The molecule has 30 heavy (non-hydrogen) atoms. The van der Waals surface area contributed by atoms with Crippen molar-refractivity contribution in [1.29, 1.82) is 0 Å². The molecule has 3 rings (SSSR count). The van der Waals surface area contributed by atoms with Crippen LogP contribution in [-0.2, 0) is 11.3 Å². The summed E-state index contributed by atoms with van der Waals surface area (Å²) in [6.07, 6.45) is 1.64. The molecule has 156 valence electrons. The Kier molecular flexibility index (Phi) is 6.80. The van der Waals surface area contributed by atoms with Gasteiger partial charge in [-0.15, -0.1) is 11.3 Å². The SMILES string of the molecule is CCOC(=O)c1cc(-c2ccccc2)sc1NC(=S)Nc1cn(CC)nc1C(N)=O. The first-order chi connectivity index (χ1) is 14.4. The Morgan fingerprint density at radius 1 is 1.23 bits per heavy atom. The van der Waals surface area contributed by atoms with Gasteiger partial charge in [0, 0.05) is 17.6 Å². The van der Waals surface area contributed by atoms with Crippen LogP contribution in [0.15, 0.2) is 42.6 Å². The smallest absolute Gasteiger partial charge is 0.341 e. The van der Waals surface area contributed by atoms with Gasteiger partial charge in [0.2, 0.25) is 0 Å². The molecule has 0 aliphatic heterocycles. The van der Waals surface area contributed by atoms with Crippen LogP contribution in [0.1, 0.15) is 34.7 Å². The number of esters is 1. The first kappa shape index (κ1) is 21.5. The largest absolute Gasteiger partial charge is 0.462 e. The molecule has 0 spiro atoms. The minimum absolute atomic E-state index is 0.0859. The third kappa shape index (κ3) is 4.84. The lowest BCUT2D eigenvalue weighted by Crippen LogP contribution is -2.22. The van der Waals surface area contributed by atoms with Gasteiger partial charge in [-0.2, -0.15) is 5.10 Å². The number of rotatable bonds is 7. The Morgan fingerprint density at radius 2 is 1.97 bits per heavy atom. The van der Waals surface area contributed by atoms with Crippen molar-refractivity contribution in [2.45, 2.75) is 20.4 Å². The first-order valence-corrected chi connectivity index (χ1v) is 10.5. The molecule has 1 aromatic carbocycles. The lowest BCUT2D eigenvalue weighted by Gasteiger charge is -2.10. The summed E-state index contributed by atoms with van der Waals surface area (Å²) in [5.74, 6) is -1.11. The molecule has 1 amide bonds. The number of hydrogen-bond donors (Lipinski definition) is 3. The summed E-state index contributed by atoms with van der Waals surface area (Å²) in [5, 5.41) is 10.8. The maximum absolute atomic E-state index is 12.4. The maximum atomic E-state index is 12.4. The van der Waals surface area contributed by atoms with Gasteiger partial charge >= 0.3 is 5.97 Å². The second kappa shape index (κ2) is 9.51. The van der Waals surface area contributed by atoms with Gasteiger partial charge in [-0.25, -0.2) is 4.79 Å². The van der Waals surface area contributed by atoms with Crippen LogP contribution >= 0.6 is 23.6 Å². The molecule has 0 fully saturated rings. The fourth-order valence-corrected chi connectivity index (χ4v) is 4.04. The number of thiocarbonyl (C=S) groups is 1. The number of benzene rings is 1. The Bertz CT molecular complexity index is 1080. The maximum Gasteiger partial charge on any atom is 0.341 e. The third-order valence-electron chi connectivity index (χ3n) is 4.08. The number of amides is 1. The number of nitrogens with two attached hydrogens (primary N) is 1. The zero-order valence-electron chi connectivity index (χ0n) is 16.5. The number of aromatic nitrogens is 2. The fraction of sp³-hybridized carbons (Fsp3) is 0.200. The van der Waals surface area contributed by atoms with E-state index in [1.165, 1.54) is 11.3 Å². The van der Waals surface area contributed by atoms with E-state index in [1.807, 2.05) is 37.3 Å². The van der Waals surface area contributed by atoms with Crippen molar-refractivity contribution in [2.24, 2.45) is 5.73 Å². The van der Waals surface area contributed by atoms with Gasteiger partial charge in [-0.1, -0.05) is 30.3 Å². The van der Waals surface area contributed by atoms with E-state index in [0.717, 1.165) is 10.4 Å². The first-order valence-electron chi connectivity index (χ1n) is 9.24. The molecule has 2 aromatic heterocycles. The van der Waals surface area contributed by atoms with Crippen molar-refractivity contribution in [1.82, 2.24) is 9.78 Å². The molecule has 0 atom stereocenters. The highest BCUT2D eigenvalue weighted by atomic mass is 32.1. The van der Waals surface area contributed by atoms with Gasteiger partial charge in [0.1, 0.15) is 5.00 Å². The molecule has 8 nitrogen and oxygen atoms in total. The van der Waals surface area contributed by atoms with Crippen LogP contribution < -0.4 is 16.4 Å². The van der Waals surface area contributed by atoms with Crippen molar-refractivity contribution in [2.75, 3.05) is 17.2 Å². The van der Waals surface area contributed by atoms with Gasteiger partial charge < -0.3 is 21.1 Å². The Morgan fingerprint density at radius 3 is 2.60 bits per heavy atom. The predicted molar refractivity (Wildman–Crippen MR) is 122 cm³/mol. The molecule has 0 aliphatic rings. The summed E-state index contributed by atoms with van der Waals surface area (Å²) in [5.41, 5.74) is 7.22. The van der Waals surface area contributed by atoms with Crippen molar-refractivity contribution in [3.05, 3.63) is 53.9 Å². The van der Waals surface area contributed by atoms with Crippen molar-refractivity contribution >= 4 is 51.2 Å². The second-order valence-corrected chi connectivity index (χ2v) is 7.59. The van der Waals surface area contributed by atoms with E-state index in [1.54, 1.807) is 23.9 Å². The molecule has 3 aromatic rings. The minimum atomic E-state index is -0.665. The van der Waals surface area contributed by atoms with Crippen LogP contribution in [0.25, 0.3) is 10.4 Å². The van der Waals surface area contributed by atoms with E-state index >= 15 is 0 Å². The second-order valence-electron chi connectivity index (χ2n) is 6.13. The van der Waals surface area contributed by atoms with Crippen molar-refractivity contribution < 1.29 is 14.3 Å². The van der Waals surface area contributed by atoms with Crippen LogP contribution in [0.4, 0.5) is 10.7 Å². The topological polar surface area (TPSA) is 111 Å². The number of anilines is 2. The van der Waals surface area contributed by atoms with Crippen LogP contribution in [0, 0.1) is 0 Å². The van der Waals surface area contributed by atoms with E-state index in [-0.39, 0.29) is 17.4 Å². The molecule has 0 aliphatic carbocycles. The highest BCUT2D eigenvalue weighted by molar-refractivity contribution is 7.80. The number of carbonyl (C=O) groups is 2. The zero-order chi connectivity index (χ0) is 21.7. The highest BCUT2D eigenvalue weighted by Gasteiger charge is 2.20. The number of aryl methyl sites for hydroxylation is 1. The normalized spacial score (nSPS) is 10.5. The summed E-state index contributed by atoms with van der Waals surface area (Å²) in [6, 6.07) is 11.5. The monoisotopic (exact) mass is 443 g/mol. The molecule has 2 heterocycles. The Hall–Kier alpha value is -3.24. The minimum Gasteiger partial charge on any atom is -0.462 e. The number of primary amides is 1. The van der Waals surface area contributed by atoms with E-state index in [2.05, 4.69) is 15.7 Å². The average molecular weight is 444 g/mol. The summed E-state index contributed by atoms with van der Waals surface area (Å²) in [6.45, 7) is 4.47. The number of nitrogens with zero attached hydrogens (tertiary/aromatic N) is 2. The van der Waals surface area contributed by atoms with E-state index in [4.69, 9.17) is 22.7 Å². The molecule has 0 radical (unpaired) electrons. The van der Waals surface area contributed by atoms with Gasteiger partial charge in [0.25, 0.3) is 5.91 Å². The van der Waals surface area contributed by atoms with E-state index < -0.39 is 11.9 Å². The lowest BCUT2D eigenvalue weighted by molar-refractivity contribution is 0.0528. The van der Waals surface area contributed by atoms with Gasteiger partial charge in [-0.05, 0) is 37.7 Å². The van der Waals surface area contributed by atoms with Crippen molar-refractivity contribution in [3.63, 3.8) is 0 Å². The molecule has 0 saturated carbocycles. The van der Waals surface area contributed by atoms with Crippen LogP contribution in [0.3, 0.4) is 0 Å². The predicted octanol–water partition coefficient (Wildman–Crippen LogP) is 3.72. The molecular weight excluding hydrogens is 422 g/mol. The van der Waals surface area contributed by atoms with Crippen molar-refractivity contribution in [3.8, 4) is 10.4 Å². The number of hydrogen-bond acceptors (Lipinski definition) is 6. The third-order valence-corrected chi connectivity index (χ3v) is 5.38. The van der Waals surface area contributed by atoms with Crippen LogP contribution in [0.5, 0.6) is 0 Å². The molecule has 4 N–H and O–H groups in total. The van der Waals surface area contributed by atoms with Gasteiger partial charge in [0.05, 0.1) is 17.9 Å². The standard InChI is InChI=1S/C20H21N5O3S2/c1-3-25-11-14(16(24-25)17(21)26)22-20(29)23-18-13(19(27)28-4-2)10-15(30-18)12-8-6-5-7-9-12/h5-11H,3-4H2,1-2H3,(H2,21,26)(H2,22,23,29). The highest BCUT2D eigenvalue weighted by Crippen LogP contribution is 2.36. The molecular formula is C20H21N5O3S2. The number of carbonyl (C=O) groups excluding carboxylic acids is 2. The Balaban J connectivity index is 1.87. The van der Waals surface area contributed by atoms with Crippen LogP contribution in [0.2, 0.25) is 0 Å². The van der Waals surface area contributed by atoms with E-state index in [0.29, 0.717) is 22.8 Å². The Labute approximate surface area is 183 Å². The fourth-order valence-electron chi connectivity index (χ4n) is 2.70. The van der Waals surface area contributed by atoms with Gasteiger partial charge in [0.15, 0.2) is 10.8 Å². The van der Waals surface area contributed by atoms with E-state index in [9.17, 15) is 9.59 Å². The number of thiophene rings is 1. The number of nitrogens with one attached hydrogen (secondary N) is 2. The zero-order valence-corrected chi connectivity index (χ0v) is 18.1. The molecule has 0 bridgehead atoms. The molecule has 0 saturated heterocycles. The summed E-state index contributed by atoms with van der Waals surface area (Å²) >= 11 is 6.76. The molecule has 10 heteroatoms. The summed E-state index contributed by atoms with van der Waals surface area (Å²) in [4.78, 5) is 25.0. The number of ether oxygens (including phenoxy) is 1. The average Bonchev–Trinajstić information content (AvgIpc) is 3.33. The quantitative estimate of drug-likeness (QED) is 0.377. The lowest BCUT2D eigenvalue weighted by atomic mass is 10.1. The molecule has 0 unspecified atom stereocenters. The summed E-state index contributed by atoms with van der Waals surface area (Å²) < 4.78 is 6.75.